The van der Waals surface area contributed by atoms with Gasteiger partial charge in [0.15, 0.2) is 0 Å². The van der Waals surface area contributed by atoms with Crippen molar-refractivity contribution in [3.05, 3.63) is 35.4 Å². The number of hydrogen-bond acceptors (Lipinski definition) is 3. The Balaban J connectivity index is 0.00000400. The van der Waals surface area contributed by atoms with Crippen molar-refractivity contribution < 1.29 is 9.53 Å². The molecular formula is C16H27ClN2O2. The van der Waals surface area contributed by atoms with Crippen LogP contribution in [0, 0.1) is 5.41 Å². The first-order valence-corrected chi connectivity index (χ1v) is 7.17. The minimum Gasteiger partial charge on any atom is -0.380 e. The molecular weight excluding hydrogens is 288 g/mol. The van der Waals surface area contributed by atoms with Crippen molar-refractivity contribution in [2.24, 2.45) is 11.1 Å². The minimum atomic E-state index is -0.435. The molecule has 0 saturated carbocycles. The molecule has 0 unspecified atom stereocenters. The van der Waals surface area contributed by atoms with Gasteiger partial charge in [0, 0.05) is 20.2 Å². The number of amides is 1. The lowest BCUT2D eigenvalue weighted by Crippen LogP contribution is -2.45. The molecule has 1 rings (SSSR count). The van der Waals surface area contributed by atoms with E-state index in [1.54, 1.807) is 7.11 Å². The highest BCUT2D eigenvalue weighted by molar-refractivity contribution is 5.85. The molecule has 0 aliphatic heterocycles. The van der Waals surface area contributed by atoms with Gasteiger partial charge in [0.1, 0.15) is 0 Å². The molecule has 0 fully saturated rings. The first-order chi connectivity index (χ1) is 9.61. The van der Waals surface area contributed by atoms with E-state index < -0.39 is 5.41 Å². The highest BCUT2D eigenvalue weighted by Gasteiger charge is 2.32. The van der Waals surface area contributed by atoms with Gasteiger partial charge in [-0.1, -0.05) is 38.1 Å². The second-order valence-electron chi connectivity index (χ2n) is 5.12. The number of nitrogens with one attached hydrogen (secondary N) is 1. The molecule has 0 bridgehead atoms. The summed E-state index contributed by atoms with van der Waals surface area (Å²) >= 11 is 0. The van der Waals surface area contributed by atoms with Crippen LogP contribution in [-0.2, 0) is 22.7 Å². The molecule has 120 valence electrons. The van der Waals surface area contributed by atoms with Gasteiger partial charge in [-0.25, -0.2) is 0 Å². The van der Waals surface area contributed by atoms with Crippen LogP contribution < -0.4 is 11.1 Å². The van der Waals surface area contributed by atoms with E-state index in [2.05, 4.69) is 5.32 Å². The van der Waals surface area contributed by atoms with Crippen molar-refractivity contribution in [2.45, 2.75) is 39.8 Å². The van der Waals surface area contributed by atoms with Crippen molar-refractivity contribution >= 4 is 18.3 Å². The molecule has 0 radical (unpaired) electrons. The third-order valence-electron chi connectivity index (χ3n) is 4.01. The Bertz CT molecular complexity index is 409. The molecule has 0 saturated heterocycles. The average Bonchev–Trinajstić information content (AvgIpc) is 2.49. The van der Waals surface area contributed by atoms with Gasteiger partial charge in [0.2, 0.25) is 5.91 Å². The van der Waals surface area contributed by atoms with E-state index >= 15 is 0 Å². The molecule has 0 aliphatic carbocycles. The second-order valence-corrected chi connectivity index (χ2v) is 5.12. The van der Waals surface area contributed by atoms with Gasteiger partial charge >= 0.3 is 0 Å². The SMILES string of the molecule is CCC(CC)(CN)C(=O)NCc1ccc(COC)cc1.Cl. The zero-order valence-electron chi connectivity index (χ0n) is 13.1. The summed E-state index contributed by atoms with van der Waals surface area (Å²) in [6.07, 6.45) is 1.53. The number of carbonyl (C=O) groups is 1. The van der Waals surface area contributed by atoms with Crippen molar-refractivity contribution in [1.82, 2.24) is 5.32 Å². The maximum atomic E-state index is 12.3. The van der Waals surface area contributed by atoms with Crippen LogP contribution in [0.5, 0.6) is 0 Å². The summed E-state index contributed by atoms with van der Waals surface area (Å²) in [5.74, 6) is 0.0472. The average molecular weight is 315 g/mol. The predicted molar refractivity (Wildman–Crippen MR) is 88.3 cm³/mol. The molecule has 1 amide bonds. The number of rotatable bonds is 8. The molecule has 0 aromatic heterocycles. The second kappa shape index (κ2) is 9.77. The maximum Gasteiger partial charge on any atom is 0.227 e. The minimum absolute atomic E-state index is 0. The summed E-state index contributed by atoms with van der Waals surface area (Å²) in [6, 6.07) is 8.05. The molecule has 1 aromatic carbocycles. The highest BCUT2D eigenvalue weighted by Crippen LogP contribution is 2.25. The number of hydrogen-bond donors (Lipinski definition) is 2. The van der Waals surface area contributed by atoms with Crippen LogP contribution in [0.4, 0.5) is 0 Å². The van der Waals surface area contributed by atoms with Crippen LogP contribution in [0.2, 0.25) is 0 Å². The van der Waals surface area contributed by atoms with E-state index in [0.29, 0.717) is 19.7 Å². The van der Waals surface area contributed by atoms with Gasteiger partial charge in [0.25, 0.3) is 0 Å². The molecule has 3 N–H and O–H groups in total. The van der Waals surface area contributed by atoms with Gasteiger partial charge in [-0.05, 0) is 24.0 Å². The highest BCUT2D eigenvalue weighted by atomic mass is 35.5. The van der Waals surface area contributed by atoms with Crippen molar-refractivity contribution in [3.8, 4) is 0 Å². The lowest BCUT2D eigenvalue weighted by atomic mass is 9.81. The van der Waals surface area contributed by atoms with Crippen LogP contribution in [0.3, 0.4) is 0 Å². The first-order valence-electron chi connectivity index (χ1n) is 7.17. The van der Waals surface area contributed by atoms with E-state index in [-0.39, 0.29) is 18.3 Å². The number of benzene rings is 1. The largest absolute Gasteiger partial charge is 0.380 e. The van der Waals surface area contributed by atoms with Crippen molar-refractivity contribution in [3.63, 3.8) is 0 Å². The maximum absolute atomic E-state index is 12.3. The van der Waals surface area contributed by atoms with Gasteiger partial charge in [-0.3, -0.25) is 4.79 Å². The Morgan fingerprint density at radius 1 is 1.19 bits per heavy atom. The molecule has 0 aliphatic rings. The Hall–Kier alpha value is -1.10. The predicted octanol–water partition coefficient (Wildman–Crippen LogP) is 2.64. The number of carbonyl (C=O) groups excluding carboxylic acids is 1. The summed E-state index contributed by atoms with van der Waals surface area (Å²) < 4.78 is 5.07. The number of halogens is 1. The molecule has 1 aromatic rings. The molecule has 4 nitrogen and oxygen atoms in total. The van der Waals surface area contributed by atoms with Crippen LogP contribution in [0.1, 0.15) is 37.8 Å². The number of nitrogens with two attached hydrogens (primary N) is 1. The van der Waals surface area contributed by atoms with E-state index in [0.717, 1.165) is 24.0 Å². The summed E-state index contributed by atoms with van der Waals surface area (Å²) in [4.78, 5) is 12.3. The Morgan fingerprint density at radius 3 is 2.14 bits per heavy atom. The third-order valence-corrected chi connectivity index (χ3v) is 4.01. The lowest BCUT2D eigenvalue weighted by molar-refractivity contribution is -0.131. The number of methoxy groups -OCH3 is 1. The van der Waals surface area contributed by atoms with Crippen molar-refractivity contribution in [2.75, 3.05) is 13.7 Å². The number of ether oxygens (including phenoxy) is 1. The molecule has 21 heavy (non-hydrogen) atoms. The third kappa shape index (κ3) is 5.30. The normalized spacial score (nSPS) is 10.9. The fourth-order valence-corrected chi connectivity index (χ4v) is 2.24. The molecule has 5 heteroatoms. The summed E-state index contributed by atoms with van der Waals surface area (Å²) in [5, 5.41) is 2.99. The van der Waals surface area contributed by atoms with Gasteiger partial charge < -0.3 is 15.8 Å². The smallest absolute Gasteiger partial charge is 0.227 e. The van der Waals surface area contributed by atoms with E-state index in [9.17, 15) is 4.79 Å². The zero-order chi connectivity index (χ0) is 15.0. The Labute approximate surface area is 133 Å². The Morgan fingerprint density at radius 2 is 1.71 bits per heavy atom. The van der Waals surface area contributed by atoms with Gasteiger partial charge in [0.05, 0.1) is 12.0 Å². The fourth-order valence-electron chi connectivity index (χ4n) is 2.24. The topological polar surface area (TPSA) is 64.4 Å². The summed E-state index contributed by atoms with van der Waals surface area (Å²) in [5.41, 5.74) is 7.55. The van der Waals surface area contributed by atoms with Crippen LogP contribution in [0.25, 0.3) is 0 Å². The fraction of sp³-hybridized carbons (Fsp3) is 0.562. The molecule has 0 spiro atoms. The summed E-state index contributed by atoms with van der Waals surface area (Å²) in [6.45, 7) is 5.55. The lowest BCUT2D eigenvalue weighted by Gasteiger charge is -2.28. The Kier molecular flexibility index (Phi) is 9.26. The van der Waals surface area contributed by atoms with E-state index in [1.807, 2.05) is 38.1 Å². The van der Waals surface area contributed by atoms with E-state index in [4.69, 9.17) is 10.5 Å². The van der Waals surface area contributed by atoms with Crippen LogP contribution in [0.15, 0.2) is 24.3 Å². The van der Waals surface area contributed by atoms with Crippen LogP contribution >= 0.6 is 12.4 Å². The zero-order valence-corrected chi connectivity index (χ0v) is 14.0. The van der Waals surface area contributed by atoms with E-state index in [1.165, 1.54) is 0 Å². The van der Waals surface area contributed by atoms with Gasteiger partial charge in [-0.15, -0.1) is 12.4 Å². The van der Waals surface area contributed by atoms with Crippen molar-refractivity contribution in [1.29, 1.82) is 0 Å². The summed E-state index contributed by atoms with van der Waals surface area (Å²) in [7, 11) is 1.68. The van der Waals surface area contributed by atoms with Crippen LogP contribution in [-0.4, -0.2) is 19.6 Å². The quantitative estimate of drug-likeness (QED) is 0.775. The van der Waals surface area contributed by atoms with Gasteiger partial charge in [-0.2, -0.15) is 0 Å². The molecule has 0 atom stereocenters. The standard InChI is InChI=1S/C16H26N2O2.ClH/c1-4-16(5-2,12-17)15(19)18-10-13-6-8-14(9-7-13)11-20-3;/h6-9H,4-5,10-12,17H2,1-3H3,(H,18,19);1H. The monoisotopic (exact) mass is 314 g/mol. The molecule has 0 heterocycles. The first kappa shape index (κ1) is 19.9.